The van der Waals surface area contributed by atoms with Crippen LogP contribution in [0.1, 0.15) is 38.8 Å². The fourth-order valence-corrected chi connectivity index (χ4v) is 4.60. The SMILES string of the molecule is CC(C)C(=O)N1CC=C[C@H]1C(=O)Nc1ccc(C=Cc2ccc(NC(=O)[C@@H]3C=CCN3C(=O)C(C)C)cc2)cc1. The zero-order valence-corrected chi connectivity index (χ0v) is 23.3. The van der Waals surface area contributed by atoms with E-state index in [2.05, 4.69) is 10.6 Å². The zero-order chi connectivity index (χ0) is 28.8. The molecule has 2 aromatic rings. The first-order valence-corrected chi connectivity index (χ1v) is 13.6. The molecule has 8 heteroatoms. The van der Waals surface area contributed by atoms with E-state index in [1.807, 2.05) is 101 Å². The van der Waals surface area contributed by atoms with Crippen LogP contribution >= 0.6 is 0 Å². The van der Waals surface area contributed by atoms with E-state index in [0.717, 1.165) is 11.1 Å². The van der Waals surface area contributed by atoms with Gasteiger partial charge in [0.05, 0.1) is 0 Å². The lowest BCUT2D eigenvalue weighted by Gasteiger charge is -2.25. The summed E-state index contributed by atoms with van der Waals surface area (Å²) < 4.78 is 0. The average molecular weight is 541 g/mol. The Morgan fingerprint density at radius 3 is 1.32 bits per heavy atom. The summed E-state index contributed by atoms with van der Waals surface area (Å²) in [5.74, 6) is -0.896. The molecule has 0 aliphatic carbocycles. The van der Waals surface area contributed by atoms with Gasteiger partial charge in [-0.1, -0.05) is 88.4 Å². The Kier molecular flexibility index (Phi) is 8.99. The van der Waals surface area contributed by atoms with E-state index in [1.54, 1.807) is 22.0 Å². The highest BCUT2D eigenvalue weighted by molar-refractivity contribution is 6.00. The van der Waals surface area contributed by atoms with Crippen LogP contribution in [0.5, 0.6) is 0 Å². The van der Waals surface area contributed by atoms with Crippen molar-refractivity contribution in [3.63, 3.8) is 0 Å². The normalized spacial score (nSPS) is 18.2. The Morgan fingerprint density at radius 2 is 1.00 bits per heavy atom. The second-order valence-corrected chi connectivity index (χ2v) is 10.6. The van der Waals surface area contributed by atoms with E-state index in [1.165, 1.54) is 0 Å². The maximum atomic E-state index is 12.8. The Balaban J connectivity index is 1.31. The lowest BCUT2D eigenvalue weighted by molar-refractivity contribution is -0.138. The number of hydrogen-bond donors (Lipinski definition) is 2. The smallest absolute Gasteiger partial charge is 0.251 e. The average Bonchev–Trinajstić information content (AvgIpc) is 3.63. The van der Waals surface area contributed by atoms with Gasteiger partial charge in [0.15, 0.2) is 0 Å². The molecule has 2 aliphatic heterocycles. The molecule has 40 heavy (non-hydrogen) atoms. The van der Waals surface area contributed by atoms with E-state index in [-0.39, 0.29) is 35.5 Å². The monoisotopic (exact) mass is 540 g/mol. The lowest BCUT2D eigenvalue weighted by atomic mass is 10.1. The Labute approximate surface area is 235 Å². The second-order valence-electron chi connectivity index (χ2n) is 10.6. The van der Waals surface area contributed by atoms with Crippen LogP contribution in [0, 0.1) is 11.8 Å². The molecule has 0 radical (unpaired) electrons. The van der Waals surface area contributed by atoms with Crippen molar-refractivity contribution >= 4 is 47.2 Å². The maximum Gasteiger partial charge on any atom is 0.251 e. The van der Waals surface area contributed by atoms with Gasteiger partial charge in [-0.2, -0.15) is 0 Å². The van der Waals surface area contributed by atoms with Crippen LogP contribution in [0.25, 0.3) is 12.2 Å². The van der Waals surface area contributed by atoms with Crippen LogP contribution in [0.3, 0.4) is 0 Å². The van der Waals surface area contributed by atoms with Crippen molar-refractivity contribution in [2.24, 2.45) is 11.8 Å². The number of benzene rings is 2. The lowest BCUT2D eigenvalue weighted by Crippen LogP contribution is -2.45. The van der Waals surface area contributed by atoms with Gasteiger partial charge in [0.25, 0.3) is 11.8 Å². The number of nitrogens with zero attached hydrogens (tertiary/aromatic N) is 2. The van der Waals surface area contributed by atoms with Crippen molar-refractivity contribution in [1.29, 1.82) is 0 Å². The minimum absolute atomic E-state index is 0.0446. The molecule has 0 saturated heterocycles. The summed E-state index contributed by atoms with van der Waals surface area (Å²) in [6.45, 7) is 8.20. The van der Waals surface area contributed by atoms with Gasteiger partial charge in [0.1, 0.15) is 12.1 Å². The number of nitrogens with one attached hydrogen (secondary N) is 2. The summed E-state index contributed by atoms with van der Waals surface area (Å²) in [6.07, 6.45) is 11.1. The third-order valence-corrected chi connectivity index (χ3v) is 6.83. The number of carbonyl (C=O) groups excluding carboxylic acids is 4. The minimum Gasteiger partial charge on any atom is -0.324 e. The van der Waals surface area contributed by atoms with Gasteiger partial charge < -0.3 is 20.4 Å². The number of hydrogen-bond acceptors (Lipinski definition) is 4. The minimum atomic E-state index is -0.599. The number of anilines is 2. The van der Waals surface area contributed by atoms with Crippen molar-refractivity contribution in [3.05, 3.63) is 84.0 Å². The summed E-state index contributed by atoms with van der Waals surface area (Å²) in [5, 5.41) is 5.79. The number of carbonyl (C=O) groups is 4. The van der Waals surface area contributed by atoms with E-state index in [4.69, 9.17) is 0 Å². The molecule has 8 nitrogen and oxygen atoms in total. The highest BCUT2D eigenvalue weighted by atomic mass is 16.2. The van der Waals surface area contributed by atoms with Gasteiger partial charge in [-0.25, -0.2) is 0 Å². The van der Waals surface area contributed by atoms with E-state index in [0.29, 0.717) is 24.5 Å². The van der Waals surface area contributed by atoms with E-state index >= 15 is 0 Å². The summed E-state index contributed by atoms with van der Waals surface area (Å²) >= 11 is 0. The largest absolute Gasteiger partial charge is 0.324 e. The van der Waals surface area contributed by atoms with Crippen LogP contribution in [0.4, 0.5) is 11.4 Å². The van der Waals surface area contributed by atoms with E-state index < -0.39 is 12.1 Å². The molecule has 2 heterocycles. The predicted octanol–water partition coefficient (Wildman–Crippen LogP) is 4.58. The molecule has 0 aromatic heterocycles. The standard InChI is InChI=1S/C32H36N4O4/c1-21(2)31(39)35-19-5-7-27(35)29(37)33-25-15-11-23(12-16-25)9-10-24-13-17-26(18-14-24)34-30(38)28-8-6-20-36(28)32(40)22(3)4/h5-18,21-22,27-28H,19-20H2,1-4H3,(H,33,37)(H,34,38)/t27-,28-/m0/s1. The van der Waals surface area contributed by atoms with Crippen molar-refractivity contribution in [2.45, 2.75) is 39.8 Å². The molecular weight excluding hydrogens is 504 g/mol. The Morgan fingerprint density at radius 1 is 0.650 bits per heavy atom. The van der Waals surface area contributed by atoms with Gasteiger partial charge in [-0.3, -0.25) is 19.2 Å². The first-order chi connectivity index (χ1) is 19.1. The van der Waals surface area contributed by atoms with Gasteiger partial charge >= 0.3 is 0 Å². The molecule has 0 bridgehead atoms. The van der Waals surface area contributed by atoms with Crippen LogP contribution in [-0.4, -0.2) is 58.6 Å². The molecule has 2 atom stereocenters. The molecule has 0 saturated carbocycles. The van der Waals surface area contributed by atoms with Crippen molar-refractivity contribution < 1.29 is 19.2 Å². The predicted molar refractivity (Wildman–Crippen MR) is 158 cm³/mol. The highest BCUT2D eigenvalue weighted by Crippen LogP contribution is 2.20. The van der Waals surface area contributed by atoms with Crippen molar-refractivity contribution in [3.8, 4) is 0 Å². The zero-order valence-electron chi connectivity index (χ0n) is 23.3. The Bertz CT molecular complexity index is 1240. The fourth-order valence-electron chi connectivity index (χ4n) is 4.60. The molecular formula is C32H36N4O4. The van der Waals surface area contributed by atoms with Crippen LogP contribution < -0.4 is 10.6 Å². The second kappa shape index (κ2) is 12.6. The first-order valence-electron chi connectivity index (χ1n) is 13.6. The molecule has 2 aromatic carbocycles. The fraction of sp³-hybridized carbons (Fsp3) is 0.312. The summed E-state index contributed by atoms with van der Waals surface area (Å²) in [6, 6.07) is 13.7. The molecule has 0 unspecified atom stereocenters. The van der Waals surface area contributed by atoms with Gasteiger partial charge in [0, 0.05) is 36.3 Å². The van der Waals surface area contributed by atoms with Gasteiger partial charge in [-0.15, -0.1) is 0 Å². The first kappa shape index (κ1) is 28.5. The van der Waals surface area contributed by atoms with Crippen LogP contribution in [0.2, 0.25) is 0 Å². The van der Waals surface area contributed by atoms with Crippen molar-refractivity contribution in [1.82, 2.24) is 9.80 Å². The third kappa shape index (κ3) is 6.75. The summed E-state index contributed by atoms with van der Waals surface area (Å²) in [5.41, 5.74) is 3.22. The van der Waals surface area contributed by atoms with Crippen molar-refractivity contribution in [2.75, 3.05) is 23.7 Å². The maximum absolute atomic E-state index is 12.8. The molecule has 0 fully saturated rings. The summed E-state index contributed by atoms with van der Waals surface area (Å²) in [4.78, 5) is 53.5. The molecule has 208 valence electrons. The third-order valence-electron chi connectivity index (χ3n) is 6.83. The van der Waals surface area contributed by atoms with Crippen LogP contribution in [0.15, 0.2) is 72.8 Å². The highest BCUT2D eigenvalue weighted by Gasteiger charge is 2.32. The molecule has 0 spiro atoms. The molecule has 4 rings (SSSR count). The quantitative estimate of drug-likeness (QED) is 0.378. The summed E-state index contributed by atoms with van der Waals surface area (Å²) in [7, 11) is 0. The van der Waals surface area contributed by atoms with Gasteiger partial charge in [-0.05, 0) is 35.4 Å². The van der Waals surface area contributed by atoms with E-state index in [9.17, 15) is 19.2 Å². The Hall–Kier alpha value is -4.46. The number of amides is 4. The molecule has 4 amide bonds. The molecule has 2 N–H and O–H groups in total. The van der Waals surface area contributed by atoms with Crippen LogP contribution in [-0.2, 0) is 19.2 Å². The van der Waals surface area contributed by atoms with Gasteiger partial charge in [0.2, 0.25) is 11.8 Å². The number of rotatable bonds is 8. The molecule has 2 aliphatic rings. The topological polar surface area (TPSA) is 98.8 Å².